The Bertz CT molecular complexity index is 803. The van der Waals surface area contributed by atoms with Crippen LogP contribution in [0.2, 0.25) is 0 Å². The van der Waals surface area contributed by atoms with Crippen LogP contribution in [0.5, 0.6) is 0 Å². The van der Waals surface area contributed by atoms with Gasteiger partial charge in [0, 0.05) is 13.1 Å². The van der Waals surface area contributed by atoms with Crippen molar-refractivity contribution in [3.05, 3.63) is 70.5 Å². The van der Waals surface area contributed by atoms with Gasteiger partial charge < -0.3 is 5.32 Å². The lowest BCUT2D eigenvalue weighted by molar-refractivity contribution is -0.127. The highest BCUT2D eigenvalue weighted by molar-refractivity contribution is 5.79. The van der Waals surface area contributed by atoms with Gasteiger partial charge in [-0.3, -0.25) is 9.69 Å². The molecule has 0 radical (unpaired) electrons. The number of hydrogen-bond donors (Lipinski definition) is 1. The van der Waals surface area contributed by atoms with Crippen LogP contribution >= 0.6 is 0 Å². The first-order valence-electron chi connectivity index (χ1n) is 10.3. The smallest absolute Gasteiger partial charge is 0.224 e. The first kappa shape index (κ1) is 20.5. The van der Waals surface area contributed by atoms with Gasteiger partial charge in [0.25, 0.3) is 0 Å². The van der Waals surface area contributed by atoms with Gasteiger partial charge in [0.15, 0.2) is 0 Å². The summed E-state index contributed by atoms with van der Waals surface area (Å²) in [6.07, 6.45) is 2.82. The van der Waals surface area contributed by atoms with Crippen molar-refractivity contribution in [2.24, 2.45) is 5.92 Å². The molecule has 0 bridgehead atoms. The van der Waals surface area contributed by atoms with Crippen LogP contribution in [0, 0.1) is 25.6 Å². The Morgan fingerprint density at radius 3 is 2.64 bits per heavy atom. The van der Waals surface area contributed by atoms with E-state index in [1.807, 2.05) is 12.1 Å². The van der Waals surface area contributed by atoms with Crippen LogP contribution in [-0.4, -0.2) is 23.9 Å². The second kappa shape index (κ2) is 9.33. The molecule has 1 amide bonds. The number of nitrogens with one attached hydrogen (secondary N) is 1. The molecular formula is C24H31FN2O. The molecule has 0 saturated carbocycles. The van der Waals surface area contributed by atoms with E-state index in [2.05, 4.69) is 49.2 Å². The molecule has 2 aromatic carbocycles. The minimum absolute atomic E-state index is 0.00834. The van der Waals surface area contributed by atoms with Gasteiger partial charge in [0.05, 0.1) is 12.0 Å². The van der Waals surface area contributed by atoms with E-state index in [-0.39, 0.29) is 23.7 Å². The Morgan fingerprint density at radius 1 is 1.21 bits per heavy atom. The number of benzene rings is 2. The summed E-state index contributed by atoms with van der Waals surface area (Å²) in [5, 5.41) is 3.29. The van der Waals surface area contributed by atoms with E-state index in [4.69, 9.17) is 0 Å². The second-order valence-corrected chi connectivity index (χ2v) is 8.03. The molecule has 0 unspecified atom stereocenters. The number of likely N-dealkylation sites (tertiary alicyclic amines) is 1. The van der Waals surface area contributed by atoms with Crippen molar-refractivity contribution < 1.29 is 9.18 Å². The van der Waals surface area contributed by atoms with Gasteiger partial charge in [0.2, 0.25) is 5.91 Å². The molecule has 1 saturated heterocycles. The number of halogens is 1. The molecule has 0 aromatic heterocycles. The third-order valence-electron chi connectivity index (χ3n) is 5.72. The Morgan fingerprint density at radius 2 is 1.96 bits per heavy atom. The summed E-state index contributed by atoms with van der Waals surface area (Å²) in [5.74, 6) is -0.0544. The third kappa shape index (κ3) is 5.20. The topological polar surface area (TPSA) is 32.3 Å². The molecule has 1 aliphatic heterocycles. The fraction of sp³-hybridized carbons (Fsp3) is 0.458. The number of carbonyl (C=O) groups excluding carboxylic acids is 1. The van der Waals surface area contributed by atoms with E-state index in [0.29, 0.717) is 0 Å². The van der Waals surface area contributed by atoms with Crippen LogP contribution in [0.3, 0.4) is 0 Å². The molecule has 3 rings (SSSR count). The number of hydrogen-bond acceptors (Lipinski definition) is 2. The molecule has 4 heteroatoms. The van der Waals surface area contributed by atoms with Gasteiger partial charge in [-0.1, -0.05) is 42.8 Å². The van der Waals surface area contributed by atoms with E-state index in [9.17, 15) is 9.18 Å². The Balaban J connectivity index is 1.61. The van der Waals surface area contributed by atoms with Gasteiger partial charge in [-0.25, -0.2) is 4.39 Å². The molecule has 150 valence electrons. The highest BCUT2D eigenvalue weighted by Gasteiger charge is 2.27. The van der Waals surface area contributed by atoms with Crippen LogP contribution in [0.4, 0.5) is 4.39 Å². The van der Waals surface area contributed by atoms with Crippen LogP contribution in [-0.2, 0) is 11.3 Å². The number of rotatable bonds is 6. The van der Waals surface area contributed by atoms with E-state index >= 15 is 0 Å². The first-order valence-corrected chi connectivity index (χ1v) is 10.3. The largest absolute Gasteiger partial charge is 0.349 e. The standard InChI is InChI=1S/C24H31FN2O/c1-4-23(22-12-7-17(2)14-18(22)3)26-24(28)20-6-5-13-27(16-20)15-19-8-10-21(25)11-9-19/h7-12,14,20,23H,4-6,13,15-16H2,1-3H3,(H,26,28)/t20-,23+/m1/s1. The summed E-state index contributed by atoms with van der Waals surface area (Å²) in [6.45, 7) is 8.82. The summed E-state index contributed by atoms with van der Waals surface area (Å²) in [4.78, 5) is 15.3. The van der Waals surface area contributed by atoms with Crippen molar-refractivity contribution in [3.63, 3.8) is 0 Å². The first-order chi connectivity index (χ1) is 13.5. The maximum absolute atomic E-state index is 13.1. The maximum atomic E-state index is 13.1. The zero-order valence-electron chi connectivity index (χ0n) is 17.2. The van der Waals surface area contributed by atoms with Crippen molar-refractivity contribution >= 4 is 5.91 Å². The average Bonchev–Trinajstić information content (AvgIpc) is 2.68. The Labute approximate surface area is 167 Å². The lowest BCUT2D eigenvalue weighted by Gasteiger charge is -2.33. The highest BCUT2D eigenvalue weighted by atomic mass is 19.1. The molecule has 0 spiro atoms. The van der Waals surface area contributed by atoms with Gasteiger partial charge in [0.1, 0.15) is 5.82 Å². The summed E-state index contributed by atoms with van der Waals surface area (Å²) >= 11 is 0. The summed E-state index contributed by atoms with van der Waals surface area (Å²) in [5.41, 5.74) is 4.77. The summed E-state index contributed by atoms with van der Waals surface area (Å²) < 4.78 is 13.1. The van der Waals surface area contributed by atoms with E-state index < -0.39 is 0 Å². The van der Waals surface area contributed by atoms with Crippen molar-refractivity contribution in [2.45, 2.75) is 52.6 Å². The minimum Gasteiger partial charge on any atom is -0.349 e. The van der Waals surface area contributed by atoms with Gasteiger partial charge in [-0.15, -0.1) is 0 Å². The monoisotopic (exact) mass is 382 g/mol. The van der Waals surface area contributed by atoms with Gasteiger partial charge in [-0.2, -0.15) is 0 Å². The quantitative estimate of drug-likeness (QED) is 0.769. The molecule has 1 heterocycles. The number of piperidine rings is 1. The molecule has 28 heavy (non-hydrogen) atoms. The molecule has 0 aliphatic carbocycles. The highest BCUT2D eigenvalue weighted by Crippen LogP contribution is 2.24. The molecule has 1 aliphatic rings. The predicted molar refractivity (Wildman–Crippen MR) is 111 cm³/mol. The lowest BCUT2D eigenvalue weighted by atomic mass is 9.94. The number of nitrogens with zero attached hydrogens (tertiary/aromatic N) is 1. The number of carbonyl (C=O) groups is 1. The van der Waals surface area contributed by atoms with Crippen molar-refractivity contribution in [1.82, 2.24) is 10.2 Å². The minimum atomic E-state index is -0.211. The number of aryl methyl sites for hydroxylation is 2. The zero-order valence-corrected chi connectivity index (χ0v) is 17.2. The maximum Gasteiger partial charge on any atom is 0.224 e. The van der Waals surface area contributed by atoms with Crippen LogP contribution in [0.15, 0.2) is 42.5 Å². The molecule has 1 fully saturated rings. The zero-order chi connectivity index (χ0) is 20.1. The lowest BCUT2D eigenvalue weighted by Crippen LogP contribution is -2.43. The van der Waals surface area contributed by atoms with Crippen molar-refractivity contribution in [2.75, 3.05) is 13.1 Å². The summed E-state index contributed by atoms with van der Waals surface area (Å²) in [7, 11) is 0. The van der Waals surface area contributed by atoms with E-state index in [1.54, 1.807) is 0 Å². The average molecular weight is 383 g/mol. The van der Waals surface area contributed by atoms with Gasteiger partial charge >= 0.3 is 0 Å². The number of amides is 1. The fourth-order valence-electron chi connectivity index (χ4n) is 4.17. The predicted octanol–water partition coefficient (Wildman–Crippen LogP) is 4.92. The molecule has 2 atom stereocenters. The van der Waals surface area contributed by atoms with Crippen LogP contribution in [0.1, 0.15) is 54.5 Å². The van der Waals surface area contributed by atoms with Crippen LogP contribution < -0.4 is 5.32 Å². The van der Waals surface area contributed by atoms with E-state index in [0.717, 1.165) is 44.5 Å². The SMILES string of the molecule is CC[C@H](NC(=O)[C@@H]1CCCN(Cc2ccc(F)cc2)C1)c1ccc(C)cc1C. The van der Waals surface area contributed by atoms with E-state index in [1.165, 1.54) is 28.8 Å². The van der Waals surface area contributed by atoms with Gasteiger partial charge in [-0.05, 0) is 68.5 Å². The van der Waals surface area contributed by atoms with Crippen LogP contribution in [0.25, 0.3) is 0 Å². The fourth-order valence-corrected chi connectivity index (χ4v) is 4.17. The molecule has 3 nitrogen and oxygen atoms in total. The second-order valence-electron chi connectivity index (χ2n) is 8.03. The third-order valence-corrected chi connectivity index (χ3v) is 5.72. The Hall–Kier alpha value is -2.20. The molecule has 1 N–H and O–H groups in total. The van der Waals surface area contributed by atoms with Crippen molar-refractivity contribution in [1.29, 1.82) is 0 Å². The normalized spacial score (nSPS) is 18.6. The summed E-state index contributed by atoms with van der Waals surface area (Å²) in [6, 6.07) is 13.1. The molecular weight excluding hydrogens is 351 g/mol. The Kier molecular flexibility index (Phi) is 6.84. The molecule has 2 aromatic rings. The van der Waals surface area contributed by atoms with Crippen molar-refractivity contribution in [3.8, 4) is 0 Å².